The molecule has 5 heteroatoms. The number of amides is 1. The summed E-state index contributed by atoms with van der Waals surface area (Å²) in [6, 6.07) is 14.1. The Morgan fingerprint density at radius 1 is 1.19 bits per heavy atom. The van der Waals surface area contributed by atoms with Gasteiger partial charge < -0.3 is 14.5 Å². The van der Waals surface area contributed by atoms with Crippen molar-refractivity contribution in [2.75, 3.05) is 6.54 Å². The quantitative estimate of drug-likeness (QED) is 0.577. The number of rotatable bonds is 8. The lowest BCUT2D eigenvalue weighted by molar-refractivity contribution is 0.0643. The third-order valence-corrected chi connectivity index (χ3v) is 4.28. The maximum atomic E-state index is 13.2. The van der Waals surface area contributed by atoms with Crippen LogP contribution in [0.1, 0.15) is 41.9 Å². The molecular formula is C22H24FNO3. The number of aryl methyl sites for hydroxylation is 1. The van der Waals surface area contributed by atoms with E-state index in [2.05, 4.69) is 5.32 Å². The van der Waals surface area contributed by atoms with E-state index in [4.69, 9.17) is 9.15 Å². The predicted molar refractivity (Wildman–Crippen MR) is 103 cm³/mol. The molecule has 0 aliphatic carbocycles. The van der Waals surface area contributed by atoms with Crippen LogP contribution in [0.15, 0.2) is 52.9 Å². The van der Waals surface area contributed by atoms with Crippen LogP contribution in [0.4, 0.5) is 4.39 Å². The first kappa shape index (κ1) is 19.1. The summed E-state index contributed by atoms with van der Waals surface area (Å²) in [4.78, 5) is 12.6. The maximum absolute atomic E-state index is 13.2. The smallest absolute Gasteiger partial charge is 0.287 e. The lowest BCUT2D eigenvalue weighted by atomic mass is 10.1. The third-order valence-electron chi connectivity index (χ3n) is 4.28. The molecule has 1 heterocycles. The number of benzene rings is 2. The molecule has 0 aliphatic heterocycles. The van der Waals surface area contributed by atoms with Crippen LogP contribution in [0.25, 0.3) is 11.0 Å². The van der Waals surface area contributed by atoms with Crippen LogP contribution in [0, 0.1) is 5.82 Å². The summed E-state index contributed by atoms with van der Waals surface area (Å²) < 4.78 is 24.7. The van der Waals surface area contributed by atoms with Crippen LogP contribution in [0.3, 0.4) is 0 Å². The van der Waals surface area contributed by atoms with E-state index < -0.39 is 0 Å². The standard InChI is InChI=1S/C22H24FNO3/c1-15(2)26-14-19-18-10-3-4-11-20(18)27-21(19)22(25)24-12-6-8-16-7-5-9-17(23)13-16/h3-5,7,9-11,13,15H,6,8,12,14H2,1-2H3,(H,24,25). The molecule has 0 spiro atoms. The number of carbonyl (C=O) groups excluding carboxylic acids is 1. The van der Waals surface area contributed by atoms with Gasteiger partial charge in [-0.3, -0.25) is 4.79 Å². The molecule has 0 saturated heterocycles. The van der Waals surface area contributed by atoms with Crippen molar-refractivity contribution in [1.82, 2.24) is 5.32 Å². The van der Waals surface area contributed by atoms with Gasteiger partial charge in [-0.1, -0.05) is 30.3 Å². The molecule has 0 saturated carbocycles. The third kappa shape index (κ3) is 4.95. The number of furan rings is 1. The van der Waals surface area contributed by atoms with E-state index in [0.29, 0.717) is 37.3 Å². The van der Waals surface area contributed by atoms with Crippen molar-refractivity contribution in [3.05, 3.63) is 71.2 Å². The summed E-state index contributed by atoms with van der Waals surface area (Å²) in [5.41, 5.74) is 2.35. The predicted octanol–water partition coefficient (Wildman–Crippen LogP) is 4.86. The highest BCUT2D eigenvalue weighted by Crippen LogP contribution is 2.27. The van der Waals surface area contributed by atoms with E-state index in [-0.39, 0.29) is 17.8 Å². The normalized spacial score (nSPS) is 11.3. The van der Waals surface area contributed by atoms with E-state index >= 15 is 0 Å². The Kier molecular flexibility index (Phi) is 6.24. The molecule has 3 aromatic rings. The second-order valence-corrected chi connectivity index (χ2v) is 6.76. The van der Waals surface area contributed by atoms with Crippen LogP contribution in [0.5, 0.6) is 0 Å². The Balaban J connectivity index is 1.65. The van der Waals surface area contributed by atoms with Crippen molar-refractivity contribution in [2.24, 2.45) is 0 Å². The van der Waals surface area contributed by atoms with Crippen LogP contribution >= 0.6 is 0 Å². The molecule has 0 atom stereocenters. The monoisotopic (exact) mass is 369 g/mol. The van der Waals surface area contributed by atoms with Gasteiger partial charge in [-0.05, 0) is 50.5 Å². The van der Waals surface area contributed by atoms with E-state index in [9.17, 15) is 9.18 Å². The van der Waals surface area contributed by atoms with Crippen LogP contribution in [0.2, 0.25) is 0 Å². The fraction of sp³-hybridized carbons (Fsp3) is 0.318. The average molecular weight is 369 g/mol. The van der Waals surface area contributed by atoms with Gasteiger partial charge in [0.25, 0.3) is 5.91 Å². The van der Waals surface area contributed by atoms with E-state index in [1.807, 2.05) is 44.2 Å². The number of carbonyl (C=O) groups is 1. The summed E-state index contributed by atoms with van der Waals surface area (Å²) in [5.74, 6) is -0.205. The second-order valence-electron chi connectivity index (χ2n) is 6.76. The lowest BCUT2D eigenvalue weighted by Crippen LogP contribution is -2.25. The van der Waals surface area contributed by atoms with E-state index in [1.54, 1.807) is 6.07 Å². The summed E-state index contributed by atoms with van der Waals surface area (Å²) in [6.45, 7) is 4.71. The van der Waals surface area contributed by atoms with Crippen molar-refractivity contribution >= 4 is 16.9 Å². The molecule has 0 radical (unpaired) electrons. The number of hydrogen-bond donors (Lipinski definition) is 1. The highest BCUT2D eigenvalue weighted by molar-refractivity contribution is 5.99. The minimum absolute atomic E-state index is 0.0563. The first-order valence-corrected chi connectivity index (χ1v) is 9.19. The molecular weight excluding hydrogens is 345 g/mol. The number of para-hydroxylation sites is 1. The Labute approximate surface area is 158 Å². The number of nitrogens with one attached hydrogen (secondary N) is 1. The molecule has 1 amide bonds. The Morgan fingerprint density at radius 2 is 2.00 bits per heavy atom. The number of halogens is 1. The van der Waals surface area contributed by atoms with Gasteiger partial charge in [0.2, 0.25) is 0 Å². The Morgan fingerprint density at radius 3 is 2.78 bits per heavy atom. The van der Waals surface area contributed by atoms with E-state index in [0.717, 1.165) is 16.5 Å². The molecule has 0 aliphatic rings. The van der Waals surface area contributed by atoms with Crippen molar-refractivity contribution in [3.8, 4) is 0 Å². The van der Waals surface area contributed by atoms with Gasteiger partial charge in [-0.25, -0.2) is 4.39 Å². The molecule has 1 aromatic heterocycles. The van der Waals surface area contributed by atoms with Crippen molar-refractivity contribution in [1.29, 1.82) is 0 Å². The molecule has 0 unspecified atom stereocenters. The fourth-order valence-electron chi connectivity index (χ4n) is 2.94. The molecule has 0 bridgehead atoms. The SMILES string of the molecule is CC(C)OCc1c(C(=O)NCCCc2cccc(F)c2)oc2ccccc12. The molecule has 27 heavy (non-hydrogen) atoms. The lowest BCUT2D eigenvalue weighted by Gasteiger charge is -2.09. The average Bonchev–Trinajstić information content (AvgIpc) is 3.02. The zero-order valence-electron chi connectivity index (χ0n) is 15.6. The summed E-state index contributed by atoms with van der Waals surface area (Å²) >= 11 is 0. The topological polar surface area (TPSA) is 51.5 Å². The molecule has 2 aromatic carbocycles. The minimum Gasteiger partial charge on any atom is -0.451 e. The number of fused-ring (bicyclic) bond motifs is 1. The van der Waals surface area contributed by atoms with Gasteiger partial charge >= 0.3 is 0 Å². The van der Waals surface area contributed by atoms with Crippen molar-refractivity contribution in [2.45, 2.75) is 39.4 Å². The summed E-state index contributed by atoms with van der Waals surface area (Å²) in [5, 5.41) is 3.78. The van der Waals surface area contributed by atoms with E-state index in [1.165, 1.54) is 12.1 Å². The summed E-state index contributed by atoms with van der Waals surface area (Å²) in [7, 11) is 0. The zero-order valence-corrected chi connectivity index (χ0v) is 15.6. The molecule has 4 nitrogen and oxygen atoms in total. The van der Waals surface area contributed by atoms with Crippen LogP contribution in [-0.4, -0.2) is 18.6 Å². The van der Waals surface area contributed by atoms with Gasteiger partial charge in [0.05, 0.1) is 12.7 Å². The van der Waals surface area contributed by atoms with Gasteiger partial charge in [-0.15, -0.1) is 0 Å². The second kappa shape index (κ2) is 8.82. The highest BCUT2D eigenvalue weighted by Gasteiger charge is 2.20. The van der Waals surface area contributed by atoms with Gasteiger partial charge in [0.1, 0.15) is 11.4 Å². The van der Waals surface area contributed by atoms with Crippen molar-refractivity contribution in [3.63, 3.8) is 0 Å². The Hall–Kier alpha value is -2.66. The summed E-state index contributed by atoms with van der Waals surface area (Å²) in [6.07, 6.45) is 1.47. The Bertz CT molecular complexity index is 917. The number of ether oxygens (including phenoxy) is 1. The van der Waals surface area contributed by atoms with Gasteiger partial charge in [0.15, 0.2) is 5.76 Å². The largest absolute Gasteiger partial charge is 0.451 e. The van der Waals surface area contributed by atoms with Crippen LogP contribution < -0.4 is 5.32 Å². The fourth-order valence-corrected chi connectivity index (χ4v) is 2.94. The molecule has 1 N–H and O–H groups in total. The number of hydrogen-bond acceptors (Lipinski definition) is 3. The first-order valence-electron chi connectivity index (χ1n) is 9.19. The minimum atomic E-state index is -0.257. The molecule has 142 valence electrons. The molecule has 3 rings (SSSR count). The maximum Gasteiger partial charge on any atom is 0.287 e. The molecule has 0 fully saturated rings. The van der Waals surface area contributed by atoms with Gasteiger partial charge in [-0.2, -0.15) is 0 Å². The van der Waals surface area contributed by atoms with Gasteiger partial charge in [0, 0.05) is 17.5 Å². The van der Waals surface area contributed by atoms with Crippen LogP contribution in [-0.2, 0) is 17.8 Å². The highest BCUT2D eigenvalue weighted by atomic mass is 19.1. The first-order chi connectivity index (χ1) is 13.0. The zero-order chi connectivity index (χ0) is 19.2. The van der Waals surface area contributed by atoms with Crippen molar-refractivity contribution < 1.29 is 18.3 Å².